The summed E-state index contributed by atoms with van der Waals surface area (Å²) in [6.07, 6.45) is 1.02. The molecule has 0 radical (unpaired) electrons. The zero-order valence-electron chi connectivity index (χ0n) is 17.8. The van der Waals surface area contributed by atoms with Crippen molar-refractivity contribution in [1.29, 1.82) is 0 Å². The second-order valence-corrected chi connectivity index (χ2v) is 8.10. The van der Waals surface area contributed by atoms with E-state index in [2.05, 4.69) is 15.6 Å². The lowest BCUT2D eigenvalue weighted by molar-refractivity contribution is -0.145. The van der Waals surface area contributed by atoms with Gasteiger partial charge >= 0.3 is 12.1 Å². The number of hydrogen-bond acceptors (Lipinski definition) is 7. The molecule has 29 heavy (non-hydrogen) atoms. The van der Waals surface area contributed by atoms with Crippen LogP contribution in [0.3, 0.4) is 0 Å². The van der Waals surface area contributed by atoms with Crippen molar-refractivity contribution in [3.05, 3.63) is 23.9 Å². The summed E-state index contributed by atoms with van der Waals surface area (Å²) in [5.41, 5.74) is -0.335. The minimum absolute atomic E-state index is 0.0150. The lowest BCUT2D eigenvalue weighted by atomic mass is 10.0. The first kappa shape index (κ1) is 24.2. The van der Waals surface area contributed by atoms with E-state index in [0.717, 1.165) is 0 Å². The third kappa shape index (κ3) is 8.80. The molecule has 0 aliphatic heterocycles. The van der Waals surface area contributed by atoms with Crippen LogP contribution < -0.4 is 10.6 Å². The zero-order valence-corrected chi connectivity index (χ0v) is 17.8. The minimum Gasteiger partial charge on any atom is -0.493 e. The summed E-state index contributed by atoms with van der Waals surface area (Å²) in [4.78, 5) is 40.9. The van der Waals surface area contributed by atoms with Crippen LogP contribution in [0.4, 0.5) is 4.79 Å². The highest BCUT2D eigenvalue weighted by Gasteiger charge is 2.30. The van der Waals surface area contributed by atoms with Crippen LogP contribution in [0.5, 0.6) is 5.88 Å². The fourth-order valence-corrected chi connectivity index (χ4v) is 2.57. The summed E-state index contributed by atoms with van der Waals surface area (Å²) in [6, 6.07) is 1.24. The van der Waals surface area contributed by atoms with Crippen molar-refractivity contribution < 1.29 is 29.0 Å². The van der Waals surface area contributed by atoms with Crippen molar-refractivity contribution >= 4 is 18.0 Å². The molecule has 0 saturated heterocycles. The Kier molecular flexibility index (Phi) is 8.87. The number of ether oxygens (including phenoxy) is 2. The molecule has 0 spiro atoms. The number of methoxy groups -OCH3 is 1. The summed E-state index contributed by atoms with van der Waals surface area (Å²) in [5.74, 6) is -1.37. The fraction of sp³-hybridized carbons (Fsp3) is 0.600. The molecule has 9 nitrogen and oxygen atoms in total. The Hall–Kier alpha value is -2.84. The number of hydrogen-bond donors (Lipinski definition) is 3. The molecule has 3 N–H and O–H groups in total. The average Bonchev–Trinajstić information content (AvgIpc) is 2.59. The normalized spacial score (nSPS) is 13.3. The van der Waals surface area contributed by atoms with E-state index in [-0.39, 0.29) is 18.2 Å². The van der Waals surface area contributed by atoms with E-state index in [1.54, 1.807) is 32.9 Å². The van der Waals surface area contributed by atoms with Crippen molar-refractivity contribution in [2.75, 3.05) is 7.11 Å². The van der Waals surface area contributed by atoms with Crippen molar-refractivity contribution in [2.45, 2.75) is 65.1 Å². The molecule has 9 heteroatoms. The maximum Gasteiger partial charge on any atom is 0.408 e. The van der Waals surface area contributed by atoms with E-state index in [4.69, 9.17) is 9.47 Å². The van der Waals surface area contributed by atoms with Gasteiger partial charge in [-0.1, -0.05) is 19.9 Å². The molecule has 1 rings (SSSR count). The van der Waals surface area contributed by atoms with Gasteiger partial charge in [0.05, 0.1) is 7.11 Å². The molecule has 2 atom stereocenters. The number of nitrogens with one attached hydrogen (secondary N) is 2. The first-order valence-corrected chi connectivity index (χ1v) is 9.43. The molecule has 1 aromatic heterocycles. The second-order valence-electron chi connectivity index (χ2n) is 8.10. The van der Waals surface area contributed by atoms with Gasteiger partial charge in [0.15, 0.2) is 0 Å². The van der Waals surface area contributed by atoms with Crippen LogP contribution in [-0.2, 0) is 25.5 Å². The summed E-state index contributed by atoms with van der Waals surface area (Å²) < 4.78 is 9.99. The standard InChI is InChI=1S/C20H31N3O6/c1-12(2)10-14(23-19(27)29-20(3,4)5)17(25)22-15(18(26)28-6)11-13-8-7-9-21-16(13)24/h7-9,12,14-15H,10-11H2,1-6H3,(H,21,24)(H,22,25)(H,23,27)/t14-,15-/m0/s1. The molecule has 0 aliphatic rings. The molecule has 162 valence electrons. The van der Waals surface area contributed by atoms with E-state index in [0.29, 0.717) is 12.0 Å². The van der Waals surface area contributed by atoms with Gasteiger partial charge in [-0.25, -0.2) is 14.6 Å². The molecule has 1 aromatic rings. The Morgan fingerprint density at radius 3 is 2.34 bits per heavy atom. The van der Waals surface area contributed by atoms with Gasteiger partial charge in [0.25, 0.3) is 0 Å². The monoisotopic (exact) mass is 409 g/mol. The topological polar surface area (TPSA) is 127 Å². The number of pyridine rings is 1. The van der Waals surface area contributed by atoms with Gasteiger partial charge < -0.3 is 25.2 Å². The highest BCUT2D eigenvalue weighted by atomic mass is 16.6. The van der Waals surface area contributed by atoms with Crippen molar-refractivity contribution in [3.8, 4) is 5.88 Å². The van der Waals surface area contributed by atoms with Gasteiger partial charge in [0.2, 0.25) is 11.8 Å². The molecule has 2 amide bonds. The molecule has 0 unspecified atom stereocenters. The predicted octanol–water partition coefficient (Wildman–Crippen LogP) is 1.93. The Morgan fingerprint density at radius 1 is 1.17 bits per heavy atom. The average molecular weight is 409 g/mol. The molecule has 0 saturated carbocycles. The molecule has 0 fully saturated rings. The molecule has 0 aliphatic carbocycles. The number of carbonyl (C=O) groups is 3. The van der Waals surface area contributed by atoms with Gasteiger partial charge in [0, 0.05) is 18.2 Å². The van der Waals surface area contributed by atoms with E-state index in [9.17, 15) is 19.5 Å². The van der Waals surface area contributed by atoms with Gasteiger partial charge in [-0.05, 0) is 39.2 Å². The van der Waals surface area contributed by atoms with E-state index in [1.807, 2.05) is 13.8 Å². The number of aromatic nitrogens is 1. The smallest absolute Gasteiger partial charge is 0.408 e. The summed E-state index contributed by atoms with van der Waals surface area (Å²) in [5, 5.41) is 15.0. The number of amides is 2. The maximum atomic E-state index is 12.8. The lowest BCUT2D eigenvalue weighted by Crippen LogP contribution is -2.53. The van der Waals surface area contributed by atoms with Crippen LogP contribution in [-0.4, -0.2) is 52.9 Å². The van der Waals surface area contributed by atoms with Crippen LogP contribution >= 0.6 is 0 Å². The Morgan fingerprint density at radius 2 is 1.83 bits per heavy atom. The maximum absolute atomic E-state index is 12.8. The highest BCUT2D eigenvalue weighted by molar-refractivity contribution is 5.89. The van der Waals surface area contributed by atoms with E-state index in [1.165, 1.54) is 13.3 Å². The van der Waals surface area contributed by atoms with Crippen LogP contribution in [0.2, 0.25) is 0 Å². The van der Waals surface area contributed by atoms with Gasteiger partial charge in [0.1, 0.15) is 17.7 Å². The number of rotatable bonds is 8. The summed E-state index contributed by atoms with van der Waals surface area (Å²) in [6.45, 7) is 8.97. The minimum atomic E-state index is -1.06. The summed E-state index contributed by atoms with van der Waals surface area (Å²) in [7, 11) is 1.20. The zero-order chi connectivity index (χ0) is 22.2. The Balaban J connectivity index is 2.95. The van der Waals surface area contributed by atoms with Crippen molar-refractivity contribution in [3.63, 3.8) is 0 Å². The quantitative estimate of drug-likeness (QED) is 0.560. The fourth-order valence-electron chi connectivity index (χ4n) is 2.57. The van der Waals surface area contributed by atoms with Crippen LogP contribution in [0.1, 0.15) is 46.6 Å². The van der Waals surface area contributed by atoms with Gasteiger partial charge in [-0.2, -0.15) is 0 Å². The van der Waals surface area contributed by atoms with Crippen molar-refractivity contribution in [1.82, 2.24) is 15.6 Å². The van der Waals surface area contributed by atoms with Crippen molar-refractivity contribution in [2.24, 2.45) is 5.92 Å². The molecular weight excluding hydrogens is 378 g/mol. The SMILES string of the molecule is COC(=O)[C@H](Cc1cccnc1O)NC(=O)[C@H](CC(C)C)NC(=O)OC(C)(C)C. The Labute approximate surface area is 171 Å². The largest absolute Gasteiger partial charge is 0.493 e. The third-order valence-corrected chi connectivity index (χ3v) is 3.81. The van der Waals surface area contributed by atoms with Crippen LogP contribution in [0, 0.1) is 5.92 Å². The number of esters is 1. The van der Waals surface area contributed by atoms with Crippen LogP contribution in [0.15, 0.2) is 18.3 Å². The van der Waals surface area contributed by atoms with E-state index >= 15 is 0 Å². The Bertz CT molecular complexity index is 714. The molecule has 0 aromatic carbocycles. The van der Waals surface area contributed by atoms with Crippen LogP contribution in [0.25, 0.3) is 0 Å². The molecule has 1 heterocycles. The number of carbonyl (C=O) groups excluding carboxylic acids is 3. The lowest BCUT2D eigenvalue weighted by Gasteiger charge is -2.25. The third-order valence-electron chi connectivity index (χ3n) is 3.81. The predicted molar refractivity (Wildman–Crippen MR) is 106 cm³/mol. The number of alkyl carbamates (subject to hydrolysis) is 1. The second kappa shape index (κ2) is 10.6. The first-order chi connectivity index (χ1) is 13.4. The first-order valence-electron chi connectivity index (χ1n) is 9.43. The molecule has 0 bridgehead atoms. The van der Waals surface area contributed by atoms with Gasteiger partial charge in [-0.15, -0.1) is 0 Å². The molecular formula is C20H31N3O6. The van der Waals surface area contributed by atoms with E-state index < -0.39 is 35.7 Å². The van der Waals surface area contributed by atoms with Gasteiger partial charge in [-0.3, -0.25) is 4.79 Å². The number of nitrogens with zero attached hydrogens (tertiary/aromatic N) is 1. The summed E-state index contributed by atoms with van der Waals surface area (Å²) >= 11 is 0. The highest BCUT2D eigenvalue weighted by Crippen LogP contribution is 2.15. The number of aromatic hydroxyl groups is 1.